The van der Waals surface area contributed by atoms with Gasteiger partial charge in [0.2, 0.25) is 0 Å². The maximum atomic E-state index is 12.6. The highest BCUT2D eigenvalue weighted by Crippen LogP contribution is 2.65. The highest BCUT2D eigenvalue weighted by Gasteiger charge is 2.68. The predicted octanol–water partition coefficient (Wildman–Crippen LogP) is 1.59. The Balaban J connectivity index is 1.63. The molecule has 0 amide bonds. The Bertz CT molecular complexity index is 742. The first-order valence-corrected chi connectivity index (χ1v) is 9.92. The highest BCUT2D eigenvalue weighted by molar-refractivity contribution is 5.88. The molecule has 2 heterocycles. The topological polar surface area (TPSA) is 70.0 Å². The van der Waals surface area contributed by atoms with Crippen LogP contribution in [0.2, 0.25) is 0 Å². The van der Waals surface area contributed by atoms with E-state index in [-0.39, 0.29) is 23.0 Å². The molecule has 5 rings (SSSR count). The fourth-order valence-electron chi connectivity index (χ4n) is 6.70. The van der Waals surface area contributed by atoms with Crippen molar-refractivity contribution in [1.29, 1.82) is 0 Å². The molecular weight excluding hydrogens is 330 g/mol. The number of hydrogen-bond acceptors (Lipinski definition) is 5. The van der Waals surface area contributed by atoms with Crippen LogP contribution in [0.5, 0.6) is 0 Å². The van der Waals surface area contributed by atoms with Gasteiger partial charge in [0.1, 0.15) is 11.9 Å². The molecule has 2 saturated carbocycles. The van der Waals surface area contributed by atoms with E-state index in [1.165, 1.54) is 0 Å². The van der Waals surface area contributed by atoms with Crippen LogP contribution in [0, 0.1) is 11.3 Å². The molecule has 0 aromatic rings. The maximum Gasteiger partial charge on any atom is 0.139 e. The molecule has 26 heavy (non-hydrogen) atoms. The molecule has 7 atom stereocenters. The third kappa shape index (κ3) is 1.83. The summed E-state index contributed by atoms with van der Waals surface area (Å²) >= 11 is 0. The molecule has 3 fully saturated rings. The van der Waals surface area contributed by atoms with E-state index in [2.05, 4.69) is 19.1 Å². The normalized spacial score (nSPS) is 52.3. The van der Waals surface area contributed by atoms with E-state index in [4.69, 9.17) is 4.74 Å². The summed E-state index contributed by atoms with van der Waals surface area (Å²) in [6.07, 6.45) is 7.32. The van der Waals surface area contributed by atoms with Gasteiger partial charge in [-0.05, 0) is 57.3 Å². The van der Waals surface area contributed by atoms with Gasteiger partial charge < -0.3 is 19.8 Å². The lowest BCUT2D eigenvalue weighted by Crippen LogP contribution is -2.62. The second kappa shape index (κ2) is 5.07. The van der Waals surface area contributed by atoms with Crippen molar-refractivity contribution in [2.24, 2.45) is 11.3 Å². The molecule has 2 bridgehead atoms. The molecular formula is C21H29NO4. The zero-order valence-corrected chi connectivity index (χ0v) is 15.9. The summed E-state index contributed by atoms with van der Waals surface area (Å²) in [5.41, 5.74) is 0.771. The van der Waals surface area contributed by atoms with E-state index >= 15 is 0 Å². The van der Waals surface area contributed by atoms with Crippen molar-refractivity contribution >= 4 is 5.78 Å². The Hall–Kier alpha value is -1.01. The van der Waals surface area contributed by atoms with Crippen molar-refractivity contribution in [3.63, 3.8) is 0 Å². The number of likely N-dealkylation sites (N-methyl/N-ethyl adjacent to an activating group) is 1. The van der Waals surface area contributed by atoms with Crippen molar-refractivity contribution in [2.45, 2.75) is 74.9 Å². The first-order valence-electron chi connectivity index (χ1n) is 9.92. The number of ketones is 1. The van der Waals surface area contributed by atoms with Gasteiger partial charge in [0.05, 0.1) is 17.3 Å². The summed E-state index contributed by atoms with van der Waals surface area (Å²) in [5, 5.41) is 21.5. The van der Waals surface area contributed by atoms with Gasteiger partial charge in [-0.25, -0.2) is 0 Å². The minimum absolute atomic E-state index is 0.136. The minimum Gasteiger partial charge on any atom is -0.388 e. The Morgan fingerprint density at radius 2 is 2.04 bits per heavy atom. The minimum atomic E-state index is -0.897. The van der Waals surface area contributed by atoms with Crippen molar-refractivity contribution in [3.05, 3.63) is 23.3 Å². The van der Waals surface area contributed by atoms with Crippen LogP contribution in [0.25, 0.3) is 0 Å². The van der Waals surface area contributed by atoms with E-state index in [1.807, 2.05) is 19.0 Å². The Morgan fingerprint density at radius 3 is 2.77 bits per heavy atom. The Kier molecular flexibility index (Phi) is 3.34. The van der Waals surface area contributed by atoms with Crippen LogP contribution in [0.4, 0.5) is 0 Å². The molecule has 0 aromatic heterocycles. The molecule has 5 aliphatic rings. The summed E-state index contributed by atoms with van der Waals surface area (Å²) in [5.74, 6) is 0.596. The van der Waals surface area contributed by atoms with E-state index < -0.39 is 17.8 Å². The first-order chi connectivity index (χ1) is 12.2. The third-order valence-corrected chi connectivity index (χ3v) is 8.22. The molecule has 5 heteroatoms. The molecule has 5 nitrogen and oxygen atoms in total. The number of rotatable bonds is 1. The zero-order valence-electron chi connectivity index (χ0n) is 15.9. The van der Waals surface area contributed by atoms with Gasteiger partial charge in [-0.3, -0.25) is 4.79 Å². The van der Waals surface area contributed by atoms with Gasteiger partial charge in [0.25, 0.3) is 0 Å². The lowest BCUT2D eigenvalue weighted by molar-refractivity contribution is -0.167. The summed E-state index contributed by atoms with van der Waals surface area (Å²) in [6.45, 7) is 2.12. The zero-order chi connectivity index (χ0) is 18.5. The van der Waals surface area contributed by atoms with Gasteiger partial charge in [-0.2, -0.15) is 0 Å². The van der Waals surface area contributed by atoms with E-state index in [1.54, 1.807) is 0 Å². The van der Waals surface area contributed by atoms with E-state index in [9.17, 15) is 15.0 Å². The molecule has 2 aliphatic heterocycles. The molecule has 3 aliphatic carbocycles. The first kappa shape index (κ1) is 17.1. The lowest BCUT2D eigenvalue weighted by atomic mass is 9.61. The van der Waals surface area contributed by atoms with Gasteiger partial charge in [-0.15, -0.1) is 0 Å². The van der Waals surface area contributed by atoms with Crippen LogP contribution in [0.1, 0.15) is 45.4 Å². The number of ether oxygens (including phenoxy) is 1. The largest absolute Gasteiger partial charge is 0.388 e. The fourth-order valence-corrected chi connectivity index (χ4v) is 6.70. The second-order valence-corrected chi connectivity index (χ2v) is 9.55. The van der Waals surface area contributed by atoms with Gasteiger partial charge in [-0.1, -0.05) is 19.1 Å². The molecule has 1 saturated heterocycles. The van der Waals surface area contributed by atoms with Crippen LogP contribution >= 0.6 is 0 Å². The number of carbonyl (C=O) groups is 1. The molecule has 0 aromatic carbocycles. The van der Waals surface area contributed by atoms with Crippen molar-refractivity contribution < 1.29 is 19.7 Å². The van der Waals surface area contributed by atoms with Crippen molar-refractivity contribution in [3.8, 4) is 0 Å². The van der Waals surface area contributed by atoms with Crippen molar-refractivity contribution in [2.75, 3.05) is 14.1 Å². The number of hydrogen-bond donors (Lipinski definition) is 2. The average Bonchev–Trinajstić information content (AvgIpc) is 3.07. The molecule has 0 radical (unpaired) electrons. The average molecular weight is 359 g/mol. The molecule has 142 valence electrons. The highest BCUT2D eigenvalue weighted by atomic mass is 16.5. The SMILES string of the molecule is CN(C)C1C[C@@]23CC[C@@]4(O2)C(=CC[C@]2(C)C(=O)CC[C@H]24)C=C3[C@@H](O)[C@@H]1O. The number of allylic oxidation sites excluding steroid dienone is 1. The van der Waals surface area contributed by atoms with Crippen molar-refractivity contribution in [1.82, 2.24) is 4.90 Å². The number of aliphatic hydroxyl groups is 2. The number of aliphatic hydroxyl groups excluding tert-OH is 2. The summed E-state index contributed by atoms with van der Waals surface area (Å²) < 4.78 is 6.92. The van der Waals surface area contributed by atoms with Gasteiger partial charge in [0.15, 0.2) is 0 Å². The maximum absolute atomic E-state index is 12.6. The third-order valence-electron chi connectivity index (χ3n) is 8.22. The number of Topliss-reactive ketones (excluding diaryl/α,β-unsaturated/α-hetero) is 1. The second-order valence-electron chi connectivity index (χ2n) is 9.55. The van der Waals surface area contributed by atoms with E-state index in [0.717, 1.165) is 36.8 Å². The molecule has 2 N–H and O–H groups in total. The monoisotopic (exact) mass is 359 g/mol. The Labute approximate surface area is 154 Å². The summed E-state index contributed by atoms with van der Waals surface area (Å²) in [6, 6.07) is -0.136. The van der Waals surface area contributed by atoms with Crippen LogP contribution in [0.3, 0.4) is 0 Å². The summed E-state index contributed by atoms with van der Waals surface area (Å²) in [4.78, 5) is 14.6. The Morgan fingerprint density at radius 1 is 1.27 bits per heavy atom. The standard InChI is InChI=1S/C21H29NO4/c1-19-7-6-12-10-13-17(24)18(25)14(22(2)3)11-20(13)8-9-21(12,26-20)15(19)4-5-16(19)23/h6,10,14-15,17-18,24-25H,4-5,7-9,11H2,1-3H3/t14?,15-,17-,18-,19+,20-,21-/m1/s1. The van der Waals surface area contributed by atoms with Crippen LogP contribution in [0.15, 0.2) is 23.3 Å². The van der Waals surface area contributed by atoms with Crippen LogP contribution in [-0.2, 0) is 9.53 Å². The van der Waals surface area contributed by atoms with E-state index in [0.29, 0.717) is 18.6 Å². The number of carbonyl (C=O) groups excluding carboxylic acids is 1. The smallest absolute Gasteiger partial charge is 0.139 e. The number of fused-ring (bicyclic) bond motifs is 1. The summed E-state index contributed by atoms with van der Waals surface area (Å²) in [7, 11) is 3.89. The lowest BCUT2D eigenvalue weighted by Gasteiger charge is -2.55. The molecule has 1 unspecified atom stereocenters. The van der Waals surface area contributed by atoms with Gasteiger partial charge >= 0.3 is 0 Å². The van der Waals surface area contributed by atoms with Gasteiger partial charge in [0, 0.05) is 23.8 Å². The van der Waals surface area contributed by atoms with Crippen LogP contribution in [-0.4, -0.2) is 64.4 Å². The fraction of sp³-hybridized carbons (Fsp3) is 0.762. The molecule has 2 spiro atoms. The predicted molar refractivity (Wildman–Crippen MR) is 96.5 cm³/mol. The quantitative estimate of drug-likeness (QED) is 0.744. The number of nitrogens with zero attached hydrogens (tertiary/aromatic N) is 1. The van der Waals surface area contributed by atoms with Crippen LogP contribution < -0.4 is 0 Å².